The number of benzene rings is 1. The maximum absolute atomic E-state index is 5.51. The molecule has 0 aliphatic heterocycles. The van der Waals surface area contributed by atoms with Gasteiger partial charge < -0.3 is 11.1 Å². The maximum atomic E-state index is 5.51. The molecule has 0 saturated carbocycles. The van der Waals surface area contributed by atoms with Gasteiger partial charge in [0.05, 0.1) is 0 Å². The van der Waals surface area contributed by atoms with Crippen LogP contribution in [0, 0.1) is 0 Å². The fraction of sp³-hybridized carbons (Fsp3) is 0.333. The second-order valence-corrected chi connectivity index (χ2v) is 3.24. The van der Waals surface area contributed by atoms with Gasteiger partial charge in [-0.1, -0.05) is 36.4 Å². The van der Waals surface area contributed by atoms with E-state index in [9.17, 15) is 0 Å². The molecule has 0 aliphatic carbocycles. The zero-order chi connectivity index (χ0) is 10.2. The summed E-state index contributed by atoms with van der Waals surface area (Å²) in [6, 6.07) is 8.33. The monoisotopic (exact) mass is 190 g/mol. The standard InChI is InChI=1S/C12H18N2/c1-14-9-3-2-4-11-5-7-12(10-13)8-6-11/h2,4-8,14H,3,9-10,13H2,1H3. The second-order valence-electron chi connectivity index (χ2n) is 3.24. The highest BCUT2D eigenvalue weighted by atomic mass is 14.8. The largest absolute Gasteiger partial charge is 0.326 e. The van der Waals surface area contributed by atoms with Crippen molar-refractivity contribution in [1.29, 1.82) is 0 Å². The molecule has 0 aliphatic rings. The maximum Gasteiger partial charge on any atom is 0.0178 e. The quantitative estimate of drug-likeness (QED) is 0.694. The molecule has 14 heavy (non-hydrogen) atoms. The zero-order valence-corrected chi connectivity index (χ0v) is 8.66. The summed E-state index contributed by atoms with van der Waals surface area (Å²) >= 11 is 0. The van der Waals surface area contributed by atoms with Gasteiger partial charge in [-0.3, -0.25) is 0 Å². The summed E-state index contributed by atoms with van der Waals surface area (Å²) in [4.78, 5) is 0. The topological polar surface area (TPSA) is 38.0 Å². The fourth-order valence-corrected chi connectivity index (χ4v) is 1.21. The summed E-state index contributed by atoms with van der Waals surface area (Å²) in [6.45, 7) is 1.64. The first-order chi connectivity index (χ1) is 6.86. The molecule has 0 bridgehead atoms. The Kier molecular flexibility index (Phi) is 4.97. The lowest BCUT2D eigenvalue weighted by Crippen LogP contribution is -2.05. The third kappa shape index (κ3) is 3.73. The lowest BCUT2D eigenvalue weighted by molar-refractivity contribution is 0.809. The Bertz CT molecular complexity index is 275. The van der Waals surface area contributed by atoms with Crippen LogP contribution in [-0.2, 0) is 6.54 Å². The van der Waals surface area contributed by atoms with Crippen molar-refractivity contribution in [2.75, 3.05) is 13.6 Å². The average Bonchev–Trinajstić information content (AvgIpc) is 2.25. The number of hydrogen-bond donors (Lipinski definition) is 2. The van der Waals surface area contributed by atoms with Crippen LogP contribution in [0.4, 0.5) is 0 Å². The van der Waals surface area contributed by atoms with Crippen molar-refractivity contribution in [3.05, 3.63) is 41.5 Å². The second kappa shape index (κ2) is 6.35. The van der Waals surface area contributed by atoms with Crippen molar-refractivity contribution in [2.24, 2.45) is 5.73 Å². The number of rotatable bonds is 5. The van der Waals surface area contributed by atoms with Crippen molar-refractivity contribution < 1.29 is 0 Å². The summed E-state index contributed by atoms with van der Waals surface area (Å²) in [5.74, 6) is 0. The van der Waals surface area contributed by atoms with E-state index < -0.39 is 0 Å². The molecule has 0 saturated heterocycles. The van der Waals surface area contributed by atoms with Gasteiger partial charge in [-0.2, -0.15) is 0 Å². The normalized spacial score (nSPS) is 11.0. The molecule has 1 aromatic carbocycles. The van der Waals surface area contributed by atoms with Crippen LogP contribution in [0.1, 0.15) is 17.5 Å². The van der Waals surface area contributed by atoms with E-state index in [2.05, 4.69) is 41.7 Å². The molecule has 0 heterocycles. The third-order valence-corrected chi connectivity index (χ3v) is 2.09. The molecule has 0 fully saturated rings. The van der Waals surface area contributed by atoms with Crippen LogP contribution in [0.3, 0.4) is 0 Å². The molecule has 0 atom stereocenters. The van der Waals surface area contributed by atoms with Crippen molar-refractivity contribution in [2.45, 2.75) is 13.0 Å². The SMILES string of the molecule is CNCCC=Cc1ccc(CN)cc1. The van der Waals surface area contributed by atoms with Crippen LogP contribution in [-0.4, -0.2) is 13.6 Å². The molecule has 0 unspecified atom stereocenters. The molecular formula is C12H18N2. The minimum absolute atomic E-state index is 0.615. The Morgan fingerprint density at radius 3 is 2.57 bits per heavy atom. The van der Waals surface area contributed by atoms with Gasteiger partial charge in [0.15, 0.2) is 0 Å². The van der Waals surface area contributed by atoms with Gasteiger partial charge in [0.25, 0.3) is 0 Å². The smallest absolute Gasteiger partial charge is 0.0178 e. The summed E-state index contributed by atoms with van der Waals surface area (Å²) < 4.78 is 0. The first-order valence-corrected chi connectivity index (χ1v) is 4.97. The van der Waals surface area contributed by atoms with Gasteiger partial charge in [0, 0.05) is 6.54 Å². The minimum Gasteiger partial charge on any atom is -0.326 e. The highest BCUT2D eigenvalue weighted by Crippen LogP contribution is 2.05. The molecule has 1 rings (SSSR count). The summed E-state index contributed by atoms with van der Waals surface area (Å²) in [7, 11) is 1.96. The molecule has 76 valence electrons. The van der Waals surface area contributed by atoms with Crippen LogP contribution in [0.15, 0.2) is 30.3 Å². The molecule has 0 amide bonds. The van der Waals surface area contributed by atoms with Crippen molar-refractivity contribution >= 4 is 6.08 Å². The first-order valence-electron chi connectivity index (χ1n) is 4.97. The third-order valence-electron chi connectivity index (χ3n) is 2.09. The molecule has 3 N–H and O–H groups in total. The molecule has 2 heteroatoms. The fourth-order valence-electron chi connectivity index (χ4n) is 1.21. The van der Waals surface area contributed by atoms with Crippen LogP contribution >= 0.6 is 0 Å². The Morgan fingerprint density at radius 1 is 1.29 bits per heavy atom. The number of nitrogens with two attached hydrogens (primary N) is 1. The molecule has 0 spiro atoms. The lowest BCUT2D eigenvalue weighted by Gasteiger charge is -1.97. The Hall–Kier alpha value is -1.12. The van der Waals surface area contributed by atoms with Crippen LogP contribution in [0.5, 0.6) is 0 Å². The highest BCUT2D eigenvalue weighted by Gasteiger charge is 1.88. The Labute approximate surface area is 85.8 Å². The van der Waals surface area contributed by atoms with E-state index in [0.717, 1.165) is 13.0 Å². The van der Waals surface area contributed by atoms with Gasteiger partial charge in [-0.15, -0.1) is 0 Å². The lowest BCUT2D eigenvalue weighted by atomic mass is 10.1. The predicted octanol–water partition coefficient (Wildman–Crippen LogP) is 1.77. The molecule has 1 aromatic rings. The summed E-state index contributed by atoms with van der Waals surface area (Å²) in [5, 5.41) is 3.10. The van der Waals surface area contributed by atoms with E-state index in [0.29, 0.717) is 6.54 Å². The molecule has 0 aromatic heterocycles. The van der Waals surface area contributed by atoms with Crippen LogP contribution < -0.4 is 11.1 Å². The average molecular weight is 190 g/mol. The van der Waals surface area contributed by atoms with E-state index >= 15 is 0 Å². The Morgan fingerprint density at radius 2 is 2.00 bits per heavy atom. The van der Waals surface area contributed by atoms with E-state index in [1.165, 1.54) is 11.1 Å². The van der Waals surface area contributed by atoms with Gasteiger partial charge in [0.2, 0.25) is 0 Å². The minimum atomic E-state index is 0.615. The van der Waals surface area contributed by atoms with Crippen molar-refractivity contribution in [1.82, 2.24) is 5.32 Å². The number of hydrogen-bond acceptors (Lipinski definition) is 2. The Balaban J connectivity index is 2.47. The van der Waals surface area contributed by atoms with E-state index in [1.54, 1.807) is 0 Å². The van der Waals surface area contributed by atoms with Gasteiger partial charge in [0.1, 0.15) is 0 Å². The summed E-state index contributed by atoms with van der Waals surface area (Å²) in [6.07, 6.45) is 5.38. The van der Waals surface area contributed by atoms with Crippen LogP contribution in [0.2, 0.25) is 0 Å². The van der Waals surface area contributed by atoms with Gasteiger partial charge in [-0.05, 0) is 31.1 Å². The first kappa shape index (κ1) is 11.0. The highest BCUT2D eigenvalue weighted by molar-refractivity contribution is 5.49. The molecule has 0 radical (unpaired) electrons. The van der Waals surface area contributed by atoms with E-state index in [-0.39, 0.29) is 0 Å². The van der Waals surface area contributed by atoms with Gasteiger partial charge >= 0.3 is 0 Å². The molecule has 2 nitrogen and oxygen atoms in total. The van der Waals surface area contributed by atoms with Crippen LogP contribution in [0.25, 0.3) is 6.08 Å². The zero-order valence-electron chi connectivity index (χ0n) is 8.66. The molecular weight excluding hydrogens is 172 g/mol. The van der Waals surface area contributed by atoms with Crippen molar-refractivity contribution in [3.63, 3.8) is 0 Å². The van der Waals surface area contributed by atoms with Gasteiger partial charge in [-0.25, -0.2) is 0 Å². The van der Waals surface area contributed by atoms with E-state index in [4.69, 9.17) is 5.73 Å². The van der Waals surface area contributed by atoms with E-state index in [1.807, 2.05) is 7.05 Å². The van der Waals surface area contributed by atoms with Crippen molar-refractivity contribution in [3.8, 4) is 0 Å². The summed E-state index contributed by atoms with van der Waals surface area (Å²) in [5.41, 5.74) is 7.93. The number of nitrogens with one attached hydrogen (secondary N) is 1. The predicted molar refractivity (Wildman–Crippen MR) is 61.9 cm³/mol.